The summed E-state index contributed by atoms with van der Waals surface area (Å²) in [6.45, 7) is 2.20. The number of hydrogen-bond donors (Lipinski definition) is 2. The molecule has 2 N–H and O–H groups in total. The van der Waals surface area contributed by atoms with E-state index in [1.54, 1.807) is 42.2 Å². The first-order valence-corrected chi connectivity index (χ1v) is 10.2. The minimum Gasteiger partial charge on any atom is -0.396 e. The van der Waals surface area contributed by atoms with Crippen LogP contribution in [0.3, 0.4) is 0 Å². The predicted octanol–water partition coefficient (Wildman–Crippen LogP) is 4.25. The molecule has 2 aromatic carbocycles. The number of fused-ring (bicyclic) bond motifs is 1. The maximum atomic E-state index is 13.3. The first-order chi connectivity index (χ1) is 12.9. The zero-order valence-electron chi connectivity index (χ0n) is 14.9. The molecule has 1 heterocycles. The van der Waals surface area contributed by atoms with E-state index >= 15 is 0 Å². The van der Waals surface area contributed by atoms with Gasteiger partial charge in [0, 0.05) is 26.7 Å². The number of hydrogen-bond acceptors (Lipinski definition) is 3. The van der Waals surface area contributed by atoms with E-state index in [2.05, 4.69) is 22.6 Å². The number of aliphatic hydroxyl groups is 2. The van der Waals surface area contributed by atoms with Crippen LogP contribution < -0.4 is 4.90 Å². The Morgan fingerprint density at radius 2 is 1.96 bits per heavy atom. The van der Waals surface area contributed by atoms with E-state index in [9.17, 15) is 9.90 Å². The van der Waals surface area contributed by atoms with E-state index in [4.69, 9.17) is 16.7 Å². The van der Waals surface area contributed by atoms with Crippen LogP contribution in [0.2, 0.25) is 5.02 Å². The number of benzene rings is 2. The van der Waals surface area contributed by atoms with Crippen molar-refractivity contribution in [2.24, 2.45) is 5.92 Å². The summed E-state index contributed by atoms with van der Waals surface area (Å²) in [7, 11) is 0. The van der Waals surface area contributed by atoms with Crippen molar-refractivity contribution in [3.8, 4) is 0 Å². The van der Waals surface area contributed by atoms with E-state index < -0.39 is 11.5 Å². The Morgan fingerprint density at radius 1 is 1.26 bits per heavy atom. The molecule has 142 valence electrons. The molecule has 1 aliphatic rings. The van der Waals surface area contributed by atoms with Gasteiger partial charge in [-0.1, -0.05) is 42.8 Å². The molecule has 3 rings (SSSR count). The van der Waals surface area contributed by atoms with Gasteiger partial charge in [-0.3, -0.25) is 4.79 Å². The van der Waals surface area contributed by atoms with Crippen LogP contribution in [-0.4, -0.2) is 22.7 Å². The molecule has 6 heteroatoms. The summed E-state index contributed by atoms with van der Waals surface area (Å²) in [5, 5.41) is 20.9. The lowest BCUT2D eigenvalue weighted by atomic mass is 9.83. The van der Waals surface area contributed by atoms with Crippen molar-refractivity contribution < 1.29 is 15.0 Å². The third-order valence-corrected chi connectivity index (χ3v) is 5.82. The molecule has 4 nitrogen and oxygen atoms in total. The van der Waals surface area contributed by atoms with Crippen LogP contribution in [0.1, 0.15) is 24.5 Å². The maximum absolute atomic E-state index is 13.3. The van der Waals surface area contributed by atoms with Crippen LogP contribution in [0.5, 0.6) is 0 Å². The van der Waals surface area contributed by atoms with Crippen LogP contribution in [0.15, 0.2) is 54.6 Å². The second-order valence-electron chi connectivity index (χ2n) is 6.67. The van der Waals surface area contributed by atoms with Gasteiger partial charge in [0.15, 0.2) is 5.60 Å². The van der Waals surface area contributed by atoms with Crippen molar-refractivity contribution in [1.29, 1.82) is 0 Å². The number of amides is 1. The van der Waals surface area contributed by atoms with Crippen molar-refractivity contribution in [1.82, 2.24) is 0 Å². The van der Waals surface area contributed by atoms with Gasteiger partial charge in [-0.25, -0.2) is 0 Å². The molecule has 2 aromatic rings. The average molecular weight is 498 g/mol. The highest BCUT2D eigenvalue weighted by Gasteiger charge is 2.52. The van der Waals surface area contributed by atoms with Gasteiger partial charge in [-0.2, -0.15) is 0 Å². The zero-order chi connectivity index (χ0) is 19.6. The third kappa shape index (κ3) is 3.92. The zero-order valence-corrected chi connectivity index (χ0v) is 17.8. The van der Waals surface area contributed by atoms with Gasteiger partial charge in [-0.05, 0) is 64.9 Å². The predicted molar refractivity (Wildman–Crippen MR) is 116 cm³/mol. The Labute approximate surface area is 177 Å². The van der Waals surface area contributed by atoms with Crippen molar-refractivity contribution >= 4 is 45.8 Å². The summed E-state index contributed by atoms with van der Waals surface area (Å²) >= 11 is 8.40. The summed E-state index contributed by atoms with van der Waals surface area (Å²) in [6.07, 6.45) is 4.03. The molecule has 0 saturated heterocycles. The molecule has 2 atom stereocenters. The molecule has 0 spiro atoms. The summed E-state index contributed by atoms with van der Waals surface area (Å²) in [6, 6.07) is 13.1. The standard InChI is InChI=1S/C21H21ClINO3/c1-14(4-2-3-11-25)21(27)18-12-16(22)7-10-19(18)24(20(21)26)13-15-5-8-17(23)9-6-15/h2,4-10,12,14,25,27H,3,11,13H2,1H3/b4-2+/t14-,21+/m0/s1. The summed E-state index contributed by atoms with van der Waals surface area (Å²) in [5.74, 6) is -0.824. The molecule has 0 aromatic heterocycles. The average Bonchev–Trinajstić information content (AvgIpc) is 2.86. The van der Waals surface area contributed by atoms with Crippen LogP contribution in [-0.2, 0) is 16.9 Å². The highest BCUT2D eigenvalue weighted by atomic mass is 127. The Bertz CT molecular complexity index is 868. The second-order valence-corrected chi connectivity index (χ2v) is 8.36. The van der Waals surface area contributed by atoms with Gasteiger partial charge in [0.05, 0.1) is 12.2 Å². The topological polar surface area (TPSA) is 60.8 Å². The number of anilines is 1. The SMILES string of the molecule is C[C@@H](/C=C/CCO)[C@]1(O)C(=O)N(Cc2ccc(I)cc2)c2ccc(Cl)cc21. The van der Waals surface area contributed by atoms with E-state index in [1.165, 1.54) is 0 Å². The summed E-state index contributed by atoms with van der Waals surface area (Å²) < 4.78 is 1.12. The number of carbonyl (C=O) groups excluding carboxylic acids is 1. The summed E-state index contributed by atoms with van der Waals surface area (Å²) in [5.41, 5.74) is 0.493. The van der Waals surface area contributed by atoms with Crippen LogP contribution in [0, 0.1) is 9.49 Å². The quantitative estimate of drug-likeness (QED) is 0.463. The van der Waals surface area contributed by atoms with E-state index in [1.807, 2.05) is 24.3 Å². The fourth-order valence-electron chi connectivity index (χ4n) is 3.36. The van der Waals surface area contributed by atoms with Crippen molar-refractivity contribution in [2.75, 3.05) is 11.5 Å². The first kappa shape index (κ1) is 20.3. The van der Waals surface area contributed by atoms with Crippen molar-refractivity contribution in [3.05, 3.63) is 74.3 Å². The number of carbonyl (C=O) groups is 1. The van der Waals surface area contributed by atoms with Crippen LogP contribution in [0.4, 0.5) is 5.69 Å². The van der Waals surface area contributed by atoms with E-state index in [0.717, 1.165) is 9.13 Å². The minimum atomic E-state index is -1.69. The molecule has 0 saturated carbocycles. The van der Waals surface area contributed by atoms with Gasteiger partial charge < -0.3 is 15.1 Å². The molecular weight excluding hydrogens is 477 g/mol. The molecule has 1 amide bonds. The van der Waals surface area contributed by atoms with Gasteiger partial charge in [0.1, 0.15) is 0 Å². The molecule has 0 radical (unpaired) electrons. The van der Waals surface area contributed by atoms with Gasteiger partial charge in [0.25, 0.3) is 5.91 Å². The Balaban J connectivity index is 2.00. The normalized spacial score (nSPS) is 20.3. The van der Waals surface area contributed by atoms with Crippen molar-refractivity contribution in [3.63, 3.8) is 0 Å². The third-order valence-electron chi connectivity index (χ3n) is 4.86. The number of rotatable bonds is 6. The lowest BCUT2D eigenvalue weighted by molar-refractivity contribution is -0.139. The lowest BCUT2D eigenvalue weighted by Gasteiger charge is -2.27. The highest BCUT2D eigenvalue weighted by molar-refractivity contribution is 14.1. The largest absolute Gasteiger partial charge is 0.396 e. The monoisotopic (exact) mass is 497 g/mol. The van der Waals surface area contributed by atoms with Gasteiger partial charge in [-0.15, -0.1) is 0 Å². The smallest absolute Gasteiger partial charge is 0.264 e. The number of aliphatic hydroxyl groups excluding tert-OH is 1. The fourth-order valence-corrected chi connectivity index (χ4v) is 3.89. The molecule has 0 unspecified atom stereocenters. The summed E-state index contributed by atoms with van der Waals surface area (Å²) in [4.78, 5) is 14.9. The second kappa shape index (κ2) is 8.31. The lowest BCUT2D eigenvalue weighted by Crippen LogP contribution is -2.44. The molecule has 0 bridgehead atoms. The molecule has 1 aliphatic heterocycles. The van der Waals surface area contributed by atoms with Gasteiger partial charge >= 0.3 is 0 Å². The van der Waals surface area contributed by atoms with Crippen molar-refractivity contribution in [2.45, 2.75) is 25.5 Å². The first-order valence-electron chi connectivity index (χ1n) is 8.74. The molecule has 27 heavy (non-hydrogen) atoms. The molecule has 0 fully saturated rings. The van der Waals surface area contributed by atoms with E-state index in [0.29, 0.717) is 29.2 Å². The minimum absolute atomic E-state index is 0.0247. The Kier molecular flexibility index (Phi) is 6.25. The Morgan fingerprint density at radius 3 is 2.63 bits per heavy atom. The van der Waals surface area contributed by atoms with Crippen LogP contribution in [0.25, 0.3) is 0 Å². The Hall–Kier alpha value is -1.41. The number of nitrogens with zero attached hydrogens (tertiary/aromatic N) is 1. The molecular formula is C21H21ClINO3. The number of halogens is 2. The molecule has 0 aliphatic carbocycles. The van der Waals surface area contributed by atoms with Crippen LogP contribution >= 0.6 is 34.2 Å². The van der Waals surface area contributed by atoms with Gasteiger partial charge in [0.2, 0.25) is 0 Å². The fraction of sp³-hybridized carbons (Fsp3) is 0.286. The highest BCUT2D eigenvalue weighted by Crippen LogP contribution is 2.46. The van der Waals surface area contributed by atoms with E-state index in [-0.39, 0.29) is 12.5 Å². The maximum Gasteiger partial charge on any atom is 0.264 e.